The van der Waals surface area contributed by atoms with Crippen LogP contribution in [0.1, 0.15) is 13.8 Å². The molecule has 0 heterocycles. The minimum atomic E-state index is -1.35. The molecule has 1 amide bonds. The Morgan fingerprint density at radius 2 is 2.10 bits per heavy atom. The first-order valence-corrected chi connectivity index (χ1v) is 3.10. The fraction of sp³-hybridized carbons (Fsp3) is 0.833. The molecule has 0 aromatic carbocycles. The lowest BCUT2D eigenvalue weighted by Gasteiger charge is -2.15. The lowest BCUT2D eigenvalue weighted by atomic mass is 10.1. The van der Waals surface area contributed by atoms with Crippen molar-refractivity contribution in [2.24, 2.45) is 0 Å². The van der Waals surface area contributed by atoms with E-state index in [-0.39, 0.29) is 13.2 Å². The molecule has 0 atom stereocenters. The van der Waals surface area contributed by atoms with Gasteiger partial charge in [-0.2, -0.15) is 0 Å². The maximum Gasteiger partial charge on any atom is 0.251 e. The first kappa shape index (κ1) is 9.39. The predicted octanol–water partition coefficient (Wildman–Crippen LogP) is -1.13. The molecular formula is C6H13NO3. The highest BCUT2D eigenvalue weighted by Gasteiger charge is 2.22. The van der Waals surface area contributed by atoms with Crippen molar-refractivity contribution in [3.05, 3.63) is 0 Å². The van der Waals surface area contributed by atoms with Gasteiger partial charge in [0.2, 0.25) is 0 Å². The van der Waals surface area contributed by atoms with E-state index in [0.29, 0.717) is 0 Å². The molecule has 0 spiro atoms. The number of carbonyl (C=O) groups is 1. The van der Waals surface area contributed by atoms with E-state index in [1.54, 1.807) is 0 Å². The minimum absolute atomic E-state index is 0.109. The summed E-state index contributed by atoms with van der Waals surface area (Å²) in [6, 6.07) is 0. The zero-order chi connectivity index (χ0) is 8.20. The normalized spacial score (nSPS) is 11.2. The summed E-state index contributed by atoms with van der Waals surface area (Å²) in [5.74, 6) is -0.471. The molecule has 0 aliphatic carbocycles. The van der Waals surface area contributed by atoms with Crippen LogP contribution in [-0.4, -0.2) is 34.9 Å². The second-order valence-corrected chi connectivity index (χ2v) is 2.54. The third-order valence-electron chi connectivity index (χ3n) is 0.953. The highest BCUT2D eigenvalue weighted by atomic mass is 16.3. The second kappa shape index (κ2) is 3.53. The van der Waals surface area contributed by atoms with Crippen molar-refractivity contribution >= 4 is 5.91 Å². The van der Waals surface area contributed by atoms with E-state index in [2.05, 4.69) is 5.32 Å². The van der Waals surface area contributed by atoms with E-state index < -0.39 is 11.5 Å². The van der Waals surface area contributed by atoms with E-state index in [0.717, 1.165) is 0 Å². The van der Waals surface area contributed by atoms with Crippen molar-refractivity contribution in [3.63, 3.8) is 0 Å². The number of nitrogens with one attached hydrogen (secondary N) is 1. The Hall–Kier alpha value is -0.610. The van der Waals surface area contributed by atoms with Gasteiger partial charge < -0.3 is 15.5 Å². The standard InChI is InChI=1S/C6H13NO3/c1-6(2,10)5(9)7-3-4-8/h8,10H,3-4H2,1-2H3,(H,7,9). The lowest BCUT2D eigenvalue weighted by Crippen LogP contribution is -2.42. The van der Waals surface area contributed by atoms with Gasteiger partial charge in [-0.15, -0.1) is 0 Å². The van der Waals surface area contributed by atoms with Gasteiger partial charge in [0.25, 0.3) is 5.91 Å². The summed E-state index contributed by atoms with van der Waals surface area (Å²) >= 11 is 0. The maximum absolute atomic E-state index is 10.8. The number of amides is 1. The SMILES string of the molecule is CC(C)(O)C(=O)NCCO. The van der Waals surface area contributed by atoms with Crippen molar-refractivity contribution in [1.82, 2.24) is 5.32 Å². The summed E-state index contributed by atoms with van der Waals surface area (Å²) in [5, 5.41) is 19.6. The van der Waals surface area contributed by atoms with Gasteiger partial charge >= 0.3 is 0 Å². The first-order valence-electron chi connectivity index (χ1n) is 3.10. The van der Waals surface area contributed by atoms with Crippen molar-refractivity contribution < 1.29 is 15.0 Å². The zero-order valence-corrected chi connectivity index (χ0v) is 6.22. The molecule has 0 unspecified atom stereocenters. The number of hydrogen-bond acceptors (Lipinski definition) is 3. The van der Waals surface area contributed by atoms with Crippen LogP contribution in [0.3, 0.4) is 0 Å². The third kappa shape index (κ3) is 3.42. The Balaban J connectivity index is 3.64. The van der Waals surface area contributed by atoms with Crippen LogP contribution in [0.2, 0.25) is 0 Å². The second-order valence-electron chi connectivity index (χ2n) is 2.54. The average Bonchev–Trinajstić information content (AvgIpc) is 1.80. The van der Waals surface area contributed by atoms with Crippen molar-refractivity contribution in [1.29, 1.82) is 0 Å². The number of hydrogen-bond donors (Lipinski definition) is 3. The summed E-state index contributed by atoms with van der Waals surface area (Å²) < 4.78 is 0. The largest absolute Gasteiger partial charge is 0.395 e. The highest BCUT2D eigenvalue weighted by Crippen LogP contribution is 1.98. The van der Waals surface area contributed by atoms with Gasteiger partial charge in [-0.1, -0.05) is 0 Å². The highest BCUT2D eigenvalue weighted by molar-refractivity contribution is 5.83. The molecule has 4 heteroatoms. The topological polar surface area (TPSA) is 69.6 Å². The van der Waals surface area contributed by atoms with Crippen LogP contribution in [0.25, 0.3) is 0 Å². The zero-order valence-electron chi connectivity index (χ0n) is 6.22. The van der Waals surface area contributed by atoms with E-state index in [1.807, 2.05) is 0 Å². The van der Waals surface area contributed by atoms with Gasteiger partial charge in [0, 0.05) is 6.54 Å². The fourth-order valence-electron chi connectivity index (χ4n) is 0.386. The van der Waals surface area contributed by atoms with Crippen LogP contribution in [0.15, 0.2) is 0 Å². The first-order chi connectivity index (χ1) is 4.48. The molecule has 0 aliphatic heterocycles. The molecule has 0 saturated heterocycles. The van der Waals surface area contributed by atoms with Gasteiger partial charge in [0.05, 0.1) is 6.61 Å². The molecule has 10 heavy (non-hydrogen) atoms. The monoisotopic (exact) mass is 147 g/mol. The summed E-state index contributed by atoms with van der Waals surface area (Å²) in [6.45, 7) is 2.85. The average molecular weight is 147 g/mol. The van der Waals surface area contributed by atoms with E-state index in [9.17, 15) is 4.79 Å². The number of aliphatic hydroxyl groups excluding tert-OH is 1. The van der Waals surface area contributed by atoms with Crippen LogP contribution in [0.5, 0.6) is 0 Å². The van der Waals surface area contributed by atoms with Crippen LogP contribution >= 0.6 is 0 Å². The Labute approximate surface area is 59.9 Å². The van der Waals surface area contributed by atoms with Crippen LogP contribution in [0, 0.1) is 0 Å². The summed E-state index contributed by atoms with van der Waals surface area (Å²) in [5.41, 5.74) is -1.35. The summed E-state index contributed by atoms with van der Waals surface area (Å²) in [6.07, 6.45) is 0. The van der Waals surface area contributed by atoms with Gasteiger partial charge in [-0.05, 0) is 13.8 Å². The fourth-order valence-corrected chi connectivity index (χ4v) is 0.386. The maximum atomic E-state index is 10.8. The lowest BCUT2D eigenvalue weighted by molar-refractivity contribution is -0.136. The predicted molar refractivity (Wildman–Crippen MR) is 36.4 cm³/mol. The molecule has 60 valence electrons. The molecule has 0 bridgehead atoms. The Kier molecular flexibility index (Phi) is 3.32. The molecule has 0 aromatic heterocycles. The molecule has 0 fully saturated rings. The van der Waals surface area contributed by atoms with Gasteiger partial charge in [0.1, 0.15) is 5.60 Å². The quantitative estimate of drug-likeness (QED) is 0.473. The molecule has 0 rings (SSSR count). The Morgan fingerprint density at radius 3 is 2.40 bits per heavy atom. The Bertz CT molecular complexity index is 117. The van der Waals surface area contributed by atoms with Gasteiger partial charge in [-0.25, -0.2) is 0 Å². The van der Waals surface area contributed by atoms with Crippen molar-refractivity contribution in [2.45, 2.75) is 19.4 Å². The third-order valence-corrected chi connectivity index (χ3v) is 0.953. The van der Waals surface area contributed by atoms with Crippen LogP contribution in [-0.2, 0) is 4.79 Å². The van der Waals surface area contributed by atoms with E-state index in [1.165, 1.54) is 13.8 Å². The Morgan fingerprint density at radius 1 is 1.60 bits per heavy atom. The van der Waals surface area contributed by atoms with E-state index >= 15 is 0 Å². The molecular weight excluding hydrogens is 134 g/mol. The molecule has 3 N–H and O–H groups in total. The van der Waals surface area contributed by atoms with Crippen molar-refractivity contribution in [2.75, 3.05) is 13.2 Å². The van der Waals surface area contributed by atoms with Crippen LogP contribution in [0.4, 0.5) is 0 Å². The van der Waals surface area contributed by atoms with Crippen molar-refractivity contribution in [3.8, 4) is 0 Å². The van der Waals surface area contributed by atoms with Gasteiger partial charge in [0.15, 0.2) is 0 Å². The number of aliphatic hydroxyl groups is 2. The summed E-state index contributed by atoms with van der Waals surface area (Å²) in [4.78, 5) is 10.8. The van der Waals surface area contributed by atoms with E-state index in [4.69, 9.17) is 10.2 Å². The van der Waals surface area contributed by atoms with Crippen LogP contribution < -0.4 is 5.32 Å². The molecule has 0 aliphatic rings. The molecule has 0 saturated carbocycles. The summed E-state index contributed by atoms with van der Waals surface area (Å²) in [7, 11) is 0. The van der Waals surface area contributed by atoms with Gasteiger partial charge in [-0.3, -0.25) is 4.79 Å². The molecule has 0 aromatic rings. The number of carbonyl (C=O) groups excluding carboxylic acids is 1. The smallest absolute Gasteiger partial charge is 0.251 e. The molecule has 4 nitrogen and oxygen atoms in total. The molecule has 0 radical (unpaired) electrons. The number of rotatable bonds is 3. The minimum Gasteiger partial charge on any atom is -0.395 e.